The molecule has 3 aromatic carbocycles. The molecular formula is C27H24N2O6. The summed E-state index contributed by atoms with van der Waals surface area (Å²) in [5.41, 5.74) is 5.75. The third kappa shape index (κ3) is 5.74. The highest BCUT2D eigenvalue weighted by atomic mass is 16.7. The molecule has 178 valence electrons. The molecule has 0 radical (unpaired) electrons. The van der Waals surface area contributed by atoms with Crippen LogP contribution in [0.3, 0.4) is 0 Å². The predicted octanol–water partition coefficient (Wildman–Crippen LogP) is 4.54. The Labute approximate surface area is 202 Å². The van der Waals surface area contributed by atoms with Gasteiger partial charge in [-0.05, 0) is 46.0 Å². The van der Waals surface area contributed by atoms with Crippen LogP contribution in [0.1, 0.15) is 22.6 Å². The Balaban J connectivity index is 1.35. The first-order valence-corrected chi connectivity index (χ1v) is 10.9. The fraction of sp³-hybridized carbons (Fsp3) is 0.148. The number of carbonyl (C=O) groups excluding carboxylic acids is 2. The molecule has 2 amide bonds. The molecular weight excluding hydrogens is 448 g/mol. The minimum atomic E-state index is -1.18. The molecule has 35 heavy (non-hydrogen) atoms. The van der Waals surface area contributed by atoms with Crippen molar-refractivity contribution < 1.29 is 29.1 Å². The number of anilines is 1. The fourth-order valence-corrected chi connectivity index (χ4v) is 3.96. The molecule has 3 aromatic rings. The third-order valence-corrected chi connectivity index (χ3v) is 5.59. The smallest absolute Gasteiger partial charge is 0.411 e. The second kappa shape index (κ2) is 10.7. The van der Waals surface area contributed by atoms with Crippen molar-refractivity contribution in [3.8, 4) is 11.1 Å². The van der Waals surface area contributed by atoms with E-state index < -0.39 is 24.6 Å². The number of hydrogen-bond acceptors (Lipinski definition) is 5. The van der Waals surface area contributed by atoms with Gasteiger partial charge in [0, 0.05) is 24.7 Å². The summed E-state index contributed by atoms with van der Waals surface area (Å²) < 4.78 is 5.57. The molecule has 2 N–H and O–H groups in total. The SMILES string of the molecule is CN(OCC(=O)O)C(=O)/C=C/c1cccc(NC(=O)OCC2c3ccccc3-c3ccccc32)c1. The Morgan fingerprint density at radius 1 is 0.971 bits per heavy atom. The summed E-state index contributed by atoms with van der Waals surface area (Å²) in [5.74, 6) is -1.74. The highest BCUT2D eigenvalue weighted by Gasteiger charge is 2.29. The number of nitrogens with one attached hydrogen (secondary N) is 1. The topological polar surface area (TPSA) is 105 Å². The number of hydroxylamine groups is 2. The van der Waals surface area contributed by atoms with Crippen molar-refractivity contribution in [2.75, 3.05) is 25.6 Å². The van der Waals surface area contributed by atoms with E-state index in [1.54, 1.807) is 24.3 Å². The zero-order valence-corrected chi connectivity index (χ0v) is 19.0. The van der Waals surface area contributed by atoms with Crippen molar-refractivity contribution in [1.82, 2.24) is 5.06 Å². The number of rotatable bonds is 8. The van der Waals surface area contributed by atoms with E-state index in [1.807, 2.05) is 24.3 Å². The maximum Gasteiger partial charge on any atom is 0.411 e. The lowest BCUT2D eigenvalue weighted by Crippen LogP contribution is -2.27. The van der Waals surface area contributed by atoms with E-state index in [-0.39, 0.29) is 12.5 Å². The van der Waals surface area contributed by atoms with Crippen LogP contribution in [0.5, 0.6) is 0 Å². The van der Waals surface area contributed by atoms with Crippen molar-refractivity contribution >= 4 is 29.7 Å². The number of nitrogens with zero attached hydrogens (tertiary/aromatic N) is 1. The molecule has 0 spiro atoms. The molecule has 8 nitrogen and oxygen atoms in total. The summed E-state index contributed by atoms with van der Waals surface area (Å²) in [4.78, 5) is 39.9. The number of fused-ring (bicyclic) bond motifs is 3. The number of benzene rings is 3. The summed E-state index contributed by atoms with van der Waals surface area (Å²) in [7, 11) is 1.32. The quantitative estimate of drug-likeness (QED) is 0.369. The molecule has 0 fully saturated rings. The third-order valence-electron chi connectivity index (χ3n) is 5.59. The van der Waals surface area contributed by atoms with Crippen molar-refractivity contribution in [2.45, 2.75) is 5.92 Å². The maximum atomic E-state index is 12.5. The van der Waals surface area contributed by atoms with Gasteiger partial charge < -0.3 is 9.84 Å². The Kier molecular flexibility index (Phi) is 7.23. The van der Waals surface area contributed by atoms with E-state index in [1.165, 1.54) is 19.2 Å². The van der Waals surface area contributed by atoms with Crippen LogP contribution in [0.4, 0.5) is 10.5 Å². The van der Waals surface area contributed by atoms with Gasteiger partial charge in [-0.1, -0.05) is 60.7 Å². The number of carboxylic acids is 1. The second-order valence-corrected chi connectivity index (χ2v) is 7.91. The van der Waals surface area contributed by atoms with E-state index in [9.17, 15) is 14.4 Å². The summed E-state index contributed by atoms with van der Waals surface area (Å²) in [6.07, 6.45) is 2.20. The van der Waals surface area contributed by atoms with Crippen LogP contribution < -0.4 is 5.32 Å². The minimum Gasteiger partial charge on any atom is -0.479 e. The first-order chi connectivity index (χ1) is 16.9. The van der Waals surface area contributed by atoms with Crippen LogP contribution in [0.2, 0.25) is 0 Å². The number of ether oxygens (including phenoxy) is 1. The first-order valence-electron chi connectivity index (χ1n) is 10.9. The van der Waals surface area contributed by atoms with Gasteiger partial charge in [0.05, 0.1) is 0 Å². The van der Waals surface area contributed by atoms with E-state index in [2.05, 4.69) is 29.6 Å². The van der Waals surface area contributed by atoms with E-state index in [0.717, 1.165) is 27.3 Å². The normalized spacial score (nSPS) is 12.1. The van der Waals surface area contributed by atoms with Crippen LogP contribution in [0, 0.1) is 0 Å². The zero-order valence-electron chi connectivity index (χ0n) is 19.0. The highest BCUT2D eigenvalue weighted by molar-refractivity contribution is 5.91. The lowest BCUT2D eigenvalue weighted by Gasteiger charge is -2.15. The van der Waals surface area contributed by atoms with Crippen molar-refractivity contribution in [3.63, 3.8) is 0 Å². The van der Waals surface area contributed by atoms with Gasteiger partial charge in [-0.25, -0.2) is 14.7 Å². The first kappa shape index (κ1) is 23.7. The number of aliphatic carboxylic acids is 1. The summed E-state index contributed by atoms with van der Waals surface area (Å²) in [6.45, 7) is -0.410. The molecule has 8 heteroatoms. The largest absolute Gasteiger partial charge is 0.479 e. The molecule has 1 aliphatic rings. The Hall–Kier alpha value is -4.43. The predicted molar refractivity (Wildman–Crippen MR) is 131 cm³/mol. The average molecular weight is 472 g/mol. The average Bonchev–Trinajstić information content (AvgIpc) is 3.18. The Morgan fingerprint density at radius 3 is 2.29 bits per heavy atom. The Bertz CT molecular complexity index is 1240. The van der Waals surface area contributed by atoms with Crippen LogP contribution in [-0.4, -0.2) is 48.4 Å². The molecule has 0 saturated heterocycles. The number of carboxylic acid groups (broad SMARTS) is 1. The number of likely N-dealkylation sites (N-methyl/N-ethyl adjacent to an activating group) is 1. The standard InChI is InChI=1S/C27H24N2O6/c1-29(35-17-26(31)32)25(30)14-13-18-7-6-8-19(15-18)28-27(33)34-16-24-22-11-4-2-9-20(22)21-10-3-5-12-23(21)24/h2-15,24H,16-17H2,1H3,(H,28,33)(H,31,32)/b14-13+. The van der Waals surface area contributed by atoms with Gasteiger partial charge in [0.1, 0.15) is 6.61 Å². The molecule has 0 heterocycles. The van der Waals surface area contributed by atoms with Crippen molar-refractivity contribution in [1.29, 1.82) is 0 Å². The summed E-state index contributed by atoms with van der Waals surface area (Å²) in [5, 5.41) is 12.2. The van der Waals surface area contributed by atoms with Gasteiger partial charge in [-0.3, -0.25) is 14.9 Å². The Morgan fingerprint density at radius 2 is 1.63 bits per heavy atom. The molecule has 0 atom stereocenters. The second-order valence-electron chi connectivity index (χ2n) is 7.91. The van der Waals surface area contributed by atoms with Gasteiger partial charge in [0.15, 0.2) is 6.61 Å². The van der Waals surface area contributed by atoms with Crippen LogP contribution in [0.25, 0.3) is 17.2 Å². The van der Waals surface area contributed by atoms with Crippen molar-refractivity contribution in [2.24, 2.45) is 0 Å². The number of carbonyl (C=O) groups is 3. The lowest BCUT2D eigenvalue weighted by atomic mass is 9.98. The minimum absolute atomic E-state index is 0.0336. The molecule has 0 aromatic heterocycles. The molecule has 0 bridgehead atoms. The van der Waals surface area contributed by atoms with Crippen LogP contribution >= 0.6 is 0 Å². The molecule has 1 aliphatic carbocycles. The monoisotopic (exact) mass is 472 g/mol. The van der Waals surface area contributed by atoms with Crippen LogP contribution in [0.15, 0.2) is 78.9 Å². The zero-order chi connectivity index (χ0) is 24.8. The summed E-state index contributed by atoms with van der Waals surface area (Å²) >= 11 is 0. The van der Waals surface area contributed by atoms with Gasteiger partial charge in [-0.2, -0.15) is 0 Å². The van der Waals surface area contributed by atoms with E-state index in [0.29, 0.717) is 11.3 Å². The number of amides is 2. The van der Waals surface area contributed by atoms with E-state index in [4.69, 9.17) is 14.7 Å². The van der Waals surface area contributed by atoms with Gasteiger partial charge in [-0.15, -0.1) is 0 Å². The van der Waals surface area contributed by atoms with Crippen molar-refractivity contribution in [3.05, 3.63) is 95.6 Å². The van der Waals surface area contributed by atoms with Gasteiger partial charge in [0.25, 0.3) is 5.91 Å². The van der Waals surface area contributed by atoms with Gasteiger partial charge >= 0.3 is 12.1 Å². The van der Waals surface area contributed by atoms with Crippen LogP contribution in [-0.2, 0) is 19.2 Å². The fourth-order valence-electron chi connectivity index (χ4n) is 3.96. The van der Waals surface area contributed by atoms with E-state index >= 15 is 0 Å². The maximum absolute atomic E-state index is 12.5. The highest BCUT2D eigenvalue weighted by Crippen LogP contribution is 2.44. The molecule has 0 aliphatic heterocycles. The summed E-state index contributed by atoms with van der Waals surface area (Å²) in [6, 6.07) is 23.1. The lowest BCUT2D eigenvalue weighted by molar-refractivity contribution is -0.181. The molecule has 4 rings (SSSR count). The number of hydrogen-bond donors (Lipinski definition) is 2. The molecule has 0 saturated carbocycles. The molecule has 0 unspecified atom stereocenters. The van der Waals surface area contributed by atoms with Gasteiger partial charge in [0.2, 0.25) is 0 Å².